The Morgan fingerprint density at radius 3 is 2.71 bits per heavy atom. The fraction of sp³-hybridized carbons (Fsp3) is 0.769. The standard InChI is InChI=1S/C13H22O/c1-10-6-5-9-13(3,4)12(10)8-7-11(2)14/h12H,1,5-9H2,2-4H3/t12-/m1/s1. The Kier molecular flexibility index (Phi) is 3.52. The first kappa shape index (κ1) is 11.5. The fourth-order valence-electron chi connectivity index (χ4n) is 2.61. The van der Waals surface area contributed by atoms with Gasteiger partial charge in [-0.2, -0.15) is 0 Å². The topological polar surface area (TPSA) is 17.1 Å². The SMILES string of the molecule is C=C1CCCC(C)(C)[C@@H]1CCC(C)=O. The lowest BCUT2D eigenvalue weighted by atomic mass is 9.65. The van der Waals surface area contributed by atoms with E-state index in [2.05, 4.69) is 20.4 Å². The normalized spacial score (nSPS) is 26.2. The minimum Gasteiger partial charge on any atom is -0.300 e. The molecule has 0 amide bonds. The molecule has 0 saturated heterocycles. The van der Waals surface area contributed by atoms with Crippen LogP contribution in [0.25, 0.3) is 0 Å². The van der Waals surface area contributed by atoms with Crippen molar-refractivity contribution in [2.24, 2.45) is 11.3 Å². The molecule has 1 atom stereocenters. The van der Waals surface area contributed by atoms with Gasteiger partial charge in [0.2, 0.25) is 0 Å². The van der Waals surface area contributed by atoms with Gasteiger partial charge in [0.25, 0.3) is 0 Å². The first-order valence-corrected chi connectivity index (χ1v) is 5.60. The molecule has 0 aromatic heterocycles. The van der Waals surface area contributed by atoms with Gasteiger partial charge in [-0.15, -0.1) is 0 Å². The van der Waals surface area contributed by atoms with E-state index >= 15 is 0 Å². The monoisotopic (exact) mass is 194 g/mol. The van der Waals surface area contributed by atoms with Gasteiger partial charge in [0, 0.05) is 6.42 Å². The van der Waals surface area contributed by atoms with Gasteiger partial charge in [-0.25, -0.2) is 0 Å². The maximum Gasteiger partial charge on any atom is 0.129 e. The molecule has 1 aliphatic rings. The van der Waals surface area contributed by atoms with E-state index in [1.54, 1.807) is 6.92 Å². The lowest BCUT2D eigenvalue weighted by molar-refractivity contribution is -0.117. The molecule has 0 radical (unpaired) electrons. The van der Waals surface area contributed by atoms with Crippen LogP contribution in [0.4, 0.5) is 0 Å². The highest BCUT2D eigenvalue weighted by Crippen LogP contribution is 2.45. The molecule has 0 bridgehead atoms. The van der Waals surface area contributed by atoms with Crippen LogP contribution in [0.1, 0.15) is 52.9 Å². The van der Waals surface area contributed by atoms with E-state index in [1.165, 1.54) is 18.4 Å². The van der Waals surface area contributed by atoms with Crippen molar-refractivity contribution < 1.29 is 4.79 Å². The zero-order valence-electron chi connectivity index (χ0n) is 9.73. The number of carbonyl (C=O) groups excluding carboxylic acids is 1. The number of Topliss-reactive ketones (excluding diaryl/α,β-unsaturated/α-hetero) is 1. The molecule has 0 aromatic rings. The molecular weight excluding hydrogens is 172 g/mol. The van der Waals surface area contributed by atoms with Crippen molar-refractivity contribution >= 4 is 5.78 Å². The molecule has 1 saturated carbocycles. The van der Waals surface area contributed by atoms with E-state index in [-0.39, 0.29) is 0 Å². The zero-order chi connectivity index (χ0) is 10.8. The van der Waals surface area contributed by atoms with Crippen LogP contribution < -0.4 is 0 Å². The van der Waals surface area contributed by atoms with Crippen molar-refractivity contribution in [2.75, 3.05) is 0 Å². The van der Waals surface area contributed by atoms with Crippen LogP contribution in [0.3, 0.4) is 0 Å². The summed E-state index contributed by atoms with van der Waals surface area (Å²) in [4.78, 5) is 11.0. The van der Waals surface area contributed by atoms with E-state index in [1.807, 2.05) is 0 Å². The Labute approximate surface area is 87.6 Å². The fourth-order valence-corrected chi connectivity index (χ4v) is 2.61. The maximum absolute atomic E-state index is 11.0. The van der Waals surface area contributed by atoms with Crippen LogP contribution in [-0.2, 0) is 4.79 Å². The van der Waals surface area contributed by atoms with E-state index in [0.29, 0.717) is 23.5 Å². The smallest absolute Gasteiger partial charge is 0.129 e. The van der Waals surface area contributed by atoms with Crippen LogP contribution >= 0.6 is 0 Å². The highest BCUT2D eigenvalue weighted by Gasteiger charge is 2.33. The molecule has 1 fully saturated rings. The van der Waals surface area contributed by atoms with Crippen LogP contribution in [-0.4, -0.2) is 5.78 Å². The van der Waals surface area contributed by atoms with Gasteiger partial charge in [-0.1, -0.05) is 26.0 Å². The average Bonchev–Trinajstić information content (AvgIpc) is 2.01. The molecule has 80 valence electrons. The van der Waals surface area contributed by atoms with Crippen molar-refractivity contribution in [2.45, 2.75) is 52.9 Å². The Hall–Kier alpha value is -0.590. The van der Waals surface area contributed by atoms with Crippen molar-refractivity contribution in [3.8, 4) is 0 Å². The Bertz CT molecular complexity index is 238. The Morgan fingerprint density at radius 2 is 2.21 bits per heavy atom. The summed E-state index contributed by atoms with van der Waals surface area (Å²) in [7, 11) is 0. The van der Waals surface area contributed by atoms with Gasteiger partial charge in [-0.3, -0.25) is 0 Å². The van der Waals surface area contributed by atoms with Crippen LogP contribution in [0.5, 0.6) is 0 Å². The van der Waals surface area contributed by atoms with Gasteiger partial charge in [0.15, 0.2) is 0 Å². The van der Waals surface area contributed by atoms with Gasteiger partial charge in [0.1, 0.15) is 5.78 Å². The minimum absolute atomic E-state index is 0.305. The van der Waals surface area contributed by atoms with Crippen molar-refractivity contribution in [3.05, 3.63) is 12.2 Å². The third-order valence-corrected chi connectivity index (χ3v) is 3.54. The van der Waals surface area contributed by atoms with Crippen molar-refractivity contribution in [1.82, 2.24) is 0 Å². The molecule has 1 rings (SSSR count). The summed E-state index contributed by atoms with van der Waals surface area (Å²) < 4.78 is 0. The summed E-state index contributed by atoms with van der Waals surface area (Å²) in [6.07, 6.45) is 5.41. The molecule has 1 heteroatoms. The number of allylic oxidation sites excluding steroid dienone is 1. The second-order valence-electron chi connectivity index (χ2n) is 5.29. The molecule has 0 spiro atoms. The van der Waals surface area contributed by atoms with E-state index in [9.17, 15) is 4.79 Å². The summed E-state index contributed by atoms with van der Waals surface area (Å²) in [5.41, 5.74) is 1.72. The predicted octanol–water partition coefficient (Wildman–Crippen LogP) is 3.74. The number of rotatable bonds is 3. The Balaban J connectivity index is 2.61. The molecule has 0 heterocycles. The number of hydrogen-bond acceptors (Lipinski definition) is 1. The van der Waals surface area contributed by atoms with E-state index in [0.717, 1.165) is 12.8 Å². The zero-order valence-corrected chi connectivity index (χ0v) is 9.73. The summed E-state index contributed by atoms with van der Waals surface area (Å²) >= 11 is 0. The second kappa shape index (κ2) is 4.29. The summed E-state index contributed by atoms with van der Waals surface area (Å²) in [5, 5.41) is 0. The number of hydrogen-bond donors (Lipinski definition) is 0. The van der Waals surface area contributed by atoms with Crippen molar-refractivity contribution in [3.63, 3.8) is 0 Å². The molecule has 1 nitrogen and oxygen atoms in total. The lowest BCUT2D eigenvalue weighted by Gasteiger charge is -2.40. The largest absolute Gasteiger partial charge is 0.300 e. The number of ketones is 1. The van der Waals surface area contributed by atoms with E-state index in [4.69, 9.17) is 0 Å². The van der Waals surface area contributed by atoms with Gasteiger partial charge in [-0.05, 0) is 43.9 Å². The molecule has 0 aromatic carbocycles. The Morgan fingerprint density at radius 1 is 1.57 bits per heavy atom. The molecular formula is C13H22O. The predicted molar refractivity (Wildman–Crippen MR) is 60.2 cm³/mol. The first-order chi connectivity index (χ1) is 6.43. The third-order valence-electron chi connectivity index (χ3n) is 3.54. The third kappa shape index (κ3) is 2.70. The highest BCUT2D eigenvalue weighted by molar-refractivity contribution is 5.75. The minimum atomic E-state index is 0.305. The average molecular weight is 194 g/mol. The van der Waals surface area contributed by atoms with Gasteiger partial charge >= 0.3 is 0 Å². The molecule has 0 N–H and O–H groups in total. The van der Waals surface area contributed by atoms with Crippen LogP contribution in [0, 0.1) is 11.3 Å². The summed E-state index contributed by atoms with van der Waals surface area (Å²) in [6, 6.07) is 0. The maximum atomic E-state index is 11.0. The van der Waals surface area contributed by atoms with Crippen molar-refractivity contribution in [1.29, 1.82) is 0 Å². The molecule has 0 unspecified atom stereocenters. The van der Waals surface area contributed by atoms with Crippen LogP contribution in [0.2, 0.25) is 0 Å². The van der Waals surface area contributed by atoms with Gasteiger partial charge < -0.3 is 4.79 Å². The second-order valence-corrected chi connectivity index (χ2v) is 5.29. The van der Waals surface area contributed by atoms with Crippen LogP contribution in [0.15, 0.2) is 12.2 Å². The first-order valence-electron chi connectivity index (χ1n) is 5.60. The molecule has 14 heavy (non-hydrogen) atoms. The summed E-state index contributed by atoms with van der Waals surface area (Å²) in [5.74, 6) is 0.860. The highest BCUT2D eigenvalue weighted by atomic mass is 16.1. The van der Waals surface area contributed by atoms with E-state index < -0.39 is 0 Å². The van der Waals surface area contributed by atoms with Gasteiger partial charge in [0.05, 0.1) is 0 Å². The quantitative estimate of drug-likeness (QED) is 0.625. The summed E-state index contributed by atoms with van der Waals surface area (Å²) in [6.45, 7) is 10.5. The molecule has 1 aliphatic carbocycles. The lowest BCUT2D eigenvalue weighted by Crippen LogP contribution is -2.29. The molecule has 0 aliphatic heterocycles. The number of carbonyl (C=O) groups is 1.